The summed E-state index contributed by atoms with van der Waals surface area (Å²) in [7, 11) is 0. The summed E-state index contributed by atoms with van der Waals surface area (Å²) >= 11 is 0. The minimum absolute atomic E-state index is 0.569. The number of aromatic amines is 1. The van der Waals surface area contributed by atoms with Gasteiger partial charge in [-0.15, -0.1) is 6.42 Å². The lowest BCUT2D eigenvalue weighted by atomic mass is 10.1. The standard InChI is InChI=1S/C11H17N5/c1-2-5-16-6-3-10(4-7-16)12-8-11-13-9-14-15-11/h1,9-10,12H,3-8H2,(H,13,14,15). The highest BCUT2D eigenvalue weighted by Crippen LogP contribution is 2.09. The Labute approximate surface area is 95.6 Å². The van der Waals surface area contributed by atoms with Gasteiger partial charge in [0, 0.05) is 19.1 Å². The van der Waals surface area contributed by atoms with E-state index >= 15 is 0 Å². The number of hydrogen-bond acceptors (Lipinski definition) is 4. The highest BCUT2D eigenvalue weighted by atomic mass is 15.2. The van der Waals surface area contributed by atoms with Gasteiger partial charge < -0.3 is 5.32 Å². The van der Waals surface area contributed by atoms with Gasteiger partial charge in [-0.3, -0.25) is 10.00 Å². The zero-order valence-corrected chi connectivity index (χ0v) is 9.32. The maximum atomic E-state index is 5.29. The molecule has 2 heterocycles. The number of H-pyrrole nitrogens is 1. The number of likely N-dealkylation sites (tertiary alicyclic amines) is 1. The first-order valence-electron chi connectivity index (χ1n) is 5.62. The molecule has 16 heavy (non-hydrogen) atoms. The Kier molecular flexibility index (Phi) is 3.91. The normalized spacial score (nSPS) is 18.4. The summed E-state index contributed by atoms with van der Waals surface area (Å²) in [4.78, 5) is 6.39. The van der Waals surface area contributed by atoms with Crippen molar-refractivity contribution in [3.05, 3.63) is 12.2 Å². The van der Waals surface area contributed by atoms with Crippen molar-refractivity contribution in [3.63, 3.8) is 0 Å². The molecule has 86 valence electrons. The molecule has 2 N–H and O–H groups in total. The van der Waals surface area contributed by atoms with Crippen LogP contribution in [0, 0.1) is 12.3 Å². The molecule has 0 aromatic carbocycles. The fraction of sp³-hybridized carbons (Fsp3) is 0.636. The second kappa shape index (κ2) is 5.64. The number of nitrogens with one attached hydrogen (secondary N) is 2. The fourth-order valence-electron chi connectivity index (χ4n) is 1.98. The van der Waals surface area contributed by atoms with Crippen LogP contribution < -0.4 is 5.32 Å². The highest BCUT2D eigenvalue weighted by Gasteiger charge is 2.17. The van der Waals surface area contributed by atoms with Crippen LogP contribution in [0.1, 0.15) is 18.7 Å². The van der Waals surface area contributed by atoms with E-state index in [1.807, 2.05) is 0 Å². The Morgan fingerprint density at radius 2 is 2.38 bits per heavy atom. The molecule has 0 spiro atoms. The van der Waals surface area contributed by atoms with Crippen molar-refractivity contribution in [1.29, 1.82) is 0 Å². The molecular weight excluding hydrogens is 202 g/mol. The summed E-state index contributed by atoms with van der Waals surface area (Å²) in [6.45, 7) is 3.70. The topological polar surface area (TPSA) is 56.8 Å². The smallest absolute Gasteiger partial charge is 0.138 e. The van der Waals surface area contributed by atoms with E-state index < -0.39 is 0 Å². The lowest BCUT2D eigenvalue weighted by molar-refractivity contribution is 0.217. The summed E-state index contributed by atoms with van der Waals surface area (Å²) in [5, 5.41) is 10.1. The summed E-state index contributed by atoms with van der Waals surface area (Å²) in [5.74, 6) is 3.58. The van der Waals surface area contributed by atoms with Crippen molar-refractivity contribution in [3.8, 4) is 12.3 Å². The number of rotatable bonds is 4. The van der Waals surface area contributed by atoms with Crippen LogP contribution in [0.15, 0.2) is 6.33 Å². The first-order chi connectivity index (χ1) is 7.88. The Balaban J connectivity index is 1.68. The summed E-state index contributed by atoms with van der Waals surface area (Å²) in [6, 6.07) is 0.569. The van der Waals surface area contributed by atoms with Gasteiger partial charge in [-0.25, -0.2) is 4.98 Å². The van der Waals surface area contributed by atoms with Crippen LogP contribution in [-0.2, 0) is 6.54 Å². The van der Waals surface area contributed by atoms with E-state index in [0.29, 0.717) is 6.04 Å². The molecule has 1 saturated heterocycles. The van der Waals surface area contributed by atoms with Crippen molar-refractivity contribution < 1.29 is 0 Å². The molecule has 0 bridgehead atoms. The SMILES string of the molecule is C#CCN1CCC(NCc2ncn[nH]2)CC1. The van der Waals surface area contributed by atoms with Crippen LogP contribution in [0.3, 0.4) is 0 Å². The van der Waals surface area contributed by atoms with E-state index in [-0.39, 0.29) is 0 Å². The van der Waals surface area contributed by atoms with Crippen molar-refractivity contribution in [2.75, 3.05) is 19.6 Å². The molecule has 1 fully saturated rings. The van der Waals surface area contributed by atoms with Crippen molar-refractivity contribution in [2.45, 2.75) is 25.4 Å². The molecule has 1 aromatic heterocycles. The molecule has 1 aromatic rings. The Morgan fingerprint density at radius 3 is 3.00 bits per heavy atom. The maximum absolute atomic E-state index is 5.29. The van der Waals surface area contributed by atoms with Crippen LogP contribution in [-0.4, -0.2) is 45.8 Å². The van der Waals surface area contributed by atoms with E-state index in [1.165, 1.54) is 6.33 Å². The van der Waals surface area contributed by atoms with E-state index in [0.717, 1.165) is 44.8 Å². The van der Waals surface area contributed by atoms with Crippen LogP contribution in [0.4, 0.5) is 0 Å². The van der Waals surface area contributed by atoms with Gasteiger partial charge in [0.05, 0.1) is 13.1 Å². The molecule has 5 nitrogen and oxygen atoms in total. The van der Waals surface area contributed by atoms with Gasteiger partial charge in [0.15, 0.2) is 0 Å². The Hall–Kier alpha value is -1.38. The molecule has 0 radical (unpaired) electrons. The zero-order chi connectivity index (χ0) is 11.2. The Morgan fingerprint density at radius 1 is 1.56 bits per heavy atom. The van der Waals surface area contributed by atoms with Gasteiger partial charge in [0.2, 0.25) is 0 Å². The molecule has 1 aliphatic rings. The molecule has 1 aliphatic heterocycles. The molecule has 0 amide bonds. The third-order valence-electron chi connectivity index (χ3n) is 2.93. The maximum Gasteiger partial charge on any atom is 0.138 e. The average Bonchev–Trinajstić information content (AvgIpc) is 2.82. The number of hydrogen-bond donors (Lipinski definition) is 2. The van der Waals surface area contributed by atoms with Gasteiger partial charge in [-0.05, 0) is 12.8 Å². The van der Waals surface area contributed by atoms with Gasteiger partial charge in [0.1, 0.15) is 12.2 Å². The molecule has 0 saturated carbocycles. The van der Waals surface area contributed by atoms with Gasteiger partial charge in [-0.2, -0.15) is 5.10 Å². The number of piperidine rings is 1. The van der Waals surface area contributed by atoms with Crippen LogP contribution in [0.5, 0.6) is 0 Å². The number of terminal acetylenes is 1. The first-order valence-corrected chi connectivity index (χ1v) is 5.62. The second-order valence-corrected chi connectivity index (χ2v) is 4.07. The van der Waals surface area contributed by atoms with Crippen molar-refractivity contribution in [2.24, 2.45) is 0 Å². The number of nitrogens with zero attached hydrogens (tertiary/aromatic N) is 3. The lowest BCUT2D eigenvalue weighted by Crippen LogP contribution is -2.42. The molecule has 0 atom stereocenters. The fourth-order valence-corrected chi connectivity index (χ4v) is 1.98. The monoisotopic (exact) mass is 219 g/mol. The minimum atomic E-state index is 0.569. The summed E-state index contributed by atoms with van der Waals surface area (Å²) in [6.07, 6.45) is 9.12. The predicted octanol–water partition coefficient (Wildman–Crippen LogP) is -0.00810. The molecular formula is C11H17N5. The Bertz CT molecular complexity index is 332. The van der Waals surface area contributed by atoms with Gasteiger partial charge >= 0.3 is 0 Å². The largest absolute Gasteiger partial charge is 0.307 e. The first kappa shape index (κ1) is 11.1. The number of aromatic nitrogens is 3. The summed E-state index contributed by atoms with van der Waals surface area (Å²) in [5.41, 5.74) is 0. The predicted molar refractivity (Wildman–Crippen MR) is 61.5 cm³/mol. The van der Waals surface area contributed by atoms with E-state index in [4.69, 9.17) is 6.42 Å². The molecule has 0 unspecified atom stereocenters. The van der Waals surface area contributed by atoms with E-state index in [1.54, 1.807) is 0 Å². The molecule has 0 aliphatic carbocycles. The zero-order valence-electron chi connectivity index (χ0n) is 9.32. The third kappa shape index (κ3) is 3.05. The average molecular weight is 219 g/mol. The molecule has 5 heteroatoms. The van der Waals surface area contributed by atoms with Crippen LogP contribution in [0.25, 0.3) is 0 Å². The quantitative estimate of drug-likeness (QED) is 0.699. The highest BCUT2D eigenvalue weighted by molar-refractivity contribution is 4.90. The van der Waals surface area contributed by atoms with Crippen molar-refractivity contribution >= 4 is 0 Å². The second-order valence-electron chi connectivity index (χ2n) is 4.07. The summed E-state index contributed by atoms with van der Waals surface area (Å²) < 4.78 is 0. The molecule has 2 rings (SSSR count). The van der Waals surface area contributed by atoms with Gasteiger partial charge in [0.25, 0.3) is 0 Å². The minimum Gasteiger partial charge on any atom is -0.307 e. The van der Waals surface area contributed by atoms with E-state index in [9.17, 15) is 0 Å². The van der Waals surface area contributed by atoms with Crippen LogP contribution in [0.2, 0.25) is 0 Å². The van der Waals surface area contributed by atoms with E-state index in [2.05, 4.69) is 31.3 Å². The lowest BCUT2D eigenvalue weighted by Gasteiger charge is -2.30. The third-order valence-corrected chi connectivity index (χ3v) is 2.93. The van der Waals surface area contributed by atoms with Crippen molar-refractivity contribution in [1.82, 2.24) is 25.4 Å². The van der Waals surface area contributed by atoms with Gasteiger partial charge in [-0.1, -0.05) is 5.92 Å². The van der Waals surface area contributed by atoms with Crippen LogP contribution >= 0.6 is 0 Å².